The standard InChI is InChI=1S/C14H23N3/c1-11-5-4-6-13(7-11)17-9-12(2)16(3)10-14(17)8-15/h4-7,12,14H,8-10,15H2,1-3H3. The van der Waals surface area contributed by atoms with Crippen molar-refractivity contribution in [1.82, 2.24) is 4.90 Å². The molecule has 17 heavy (non-hydrogen) atoms. The van der Waals surface area contributed by atoms with Crippen LogP contribution in [0.5, 0.6) is 0 Å². The van der Waals surface area contributed by atoms with Crippen molar-refractivity contribution in [3.63, 3.8) is 0 Å². The molecule has 0 amide bonds. The molecule has 1 aromatic carbocycles. The number of nitrogens with zero attached hydrogens (tertiary/aromatic N) is 2. The van der Waals surface area contributed by atoms with E-state index in [1.54, 1.807) is 0 Å². The maximum absolute atomic E-state index is 5.91. The third-order valence-electron chi connectivity index (χ3n) is 3.76. The molecule has 1 aliphatic heterocycles. The molecule has 1 aliphatic rings. The van der Waals surface area contributed by atoms with E-state index in [1.165, 1.54) is 11.3 Å². The van der Waals surface area contributed by atoms with Crippen molar-refractivity contribution < 1.29 is 0 Å². The van der Waals surface area contributed by atoms with E-state index in [4.69, 9.17) is 5.73 Å². The number of benzene rings is 1. The maximum atomic E-state index is 5.91. The highest BCUT2D eigenvalue weighted by Crippen LogP contribution is 2.23. The molecule has 0 bridgehead atoms. The van der Waals surface area contributed by atoms with Crippen LogP contribution in [0.4, 0.5) is 5.69 Å². The first-order valence-corrected chi connectivity index (χ1v) is 6.35. The van der Waals surface area contributed by atoms with Gasteiger partial charge in [-0.1, -0.05) is 12.1 Å². The first-order chi connectivity index (χ1) is 8.11. The Hall–Kier alpha value is -1.06. The minimum Gasteiger partial charge on any atom is -0.364 e. The summed E-state index contributed by atoms with van der Waals surface area (Å²) in [6, 6.07) is 9.71. The van der Waals surface area contributed by atoms with Gasteiger partial charge in [0.1, 0.15) is 0 Å². The second kappa shape index (κ2) is 5.07. The maximum Gasteiger partial charge on any atom is 0.0540 e. The Morgan fingerprint density at radius 2 is 2.12 bits per heavy atom. The molecule has 2 atom stereocenters. The van der Waals surface area contributed by atoms with Gasteiger partial charge in [-0.05, 0) is 38.6 Å². The Kier molecular flexibility index (Phi) is 3.69. The smallest absolute Gasteiger partial charge is 0.0540 e. The lowest BCUT2D eigenvalue weighted by molar-refractivity contribution is 0.202. The van der Waals surface area contributed by atoms with Gasteiger partial charge in [0, 0.05) is 31.4 Å². The van der Waals surface area contributed by atoms with Crippen LogP contribution in [0.15, 0.2) is 24.3 Å². The fourth-order valence-corrected chi connectivity index (χ4v) is 2.51. The summed E-state index contributed by atoms with van der Waals surface area (Å²) in [4.78, 5) is 4.85. The van der Waals surface area contributed by atoms with Crippen molar-refractivity contribution in [2.24, 2.45) is 5.73 Å². The highest BCUT2D eigenvalue weighted by atomic mass is 15.3. The summed E-state index contributed by atoms with van der Waals surface area (Å²) in [5, 5.41) is 0. The predicted molar refractivity (Wildman–Crippen MR) is 73.5 cm³/mol. The second-order valence-corrected chi connectivity index (χ2v) is 5.17. The molecule has 1 saturated heterocycles. The summed E-state index contributed by atoms with van der Waals surface area (Å²) < 4.78 is 0. The van der Waals surface area contributed by atoms with Crippen LogP contribution in [0.25, 0.3) is 0 Å². The van der Waals surface area contributed by atoms with Crippen molar-refractivity contribution >= 4 is 5.69 Å². The number of piperazine rings is 1. The molecule has 0 aliphatic carbocycles. The normalized spacial score (nSPS) is 26.2. The van der Waals surface area contributed by atoms with Gasteiger partial charge >= 0.3 is 0 Å². The molecular weight excluding hydrogens is 210 g/mol. The minimum atomic E-state index is 0.429. The molecular formula is C14H23N3. The number of likely N-dealkylation sites (N-methyl/N-ethyl adjacent to an activating group) is 1. The van der Waals surface area contributed by atoms with E-state index in [-0.39, 0.29) is 0 Å². The van der Waals surface area contributed by atoms with Gasteiger partial charge in [0.15, 0.2) is 0 Å². The number of aryl methyl sites for hydroxylation is 1. The number of rotatable bonds is 2. The van der Waals surface area contributed by atoms with Crippen LogP contribution in [0, 0.1) is 6.92 Å². The Morgan fingerprint density at radius 1 is 1.35 bits per heavy atom. The van der Waals surface area contributed by atoms with Crippen LogP contribution in [0.1, 0.15) is 12.5 Å². The molecule has 3 heteroatoms. The van der Waals surface area contributed by atoms with Gasteiger partial charge in [0.05, 0.1) is 6.04 Å². The summed E-state index contributed by atoms with van der Waals surface area (Å²) in [6.07, 6.45) is 0. The van der Waals surface area contributed by atoms with E-state index in [2.05, 4.69) is 55.0 Å². The zero-order valence-electron chi connectivity index (χ0n) is 11.1. The van der Waals surface area contributed by atoms with Gasteiger partial charge in [-0.15, -0.1) is 0 Å². The lowest BCUT2D eigenvalue weighted by Crippen LogP contribution is -2.58. The molecule has 1 fully saturated rings. The SMILES string of the molecule is Cc1cccc(N2CC(C)N(C)CC2CN)c1. The van der Waals surface area contributed by atoms with E-state index in [1.807, 2.05) is 0 Å². The number of hydrogen-bond acceptors (Lipinski definition) is 3. The van der Waals surface area contributed by atoms with Crippen molar-refractivity contribution in [2.75, 3.05) is 31.6 Å². The Bertz CT molecular complexity index is 377. The quantitative estimate of drug-likeness (QED) is 0.839. The van der Waals surface area contributed by atoms with Gasteiger partial charge in [-0.3, -0.25) is 4.90 Å². The van der Waals surface area contributed by atoms with Gasteiger partial charge in [-0.25, -0.2) is 0 Å². The Labute approximate surface area is 104 Å². The van der Waals surface area contributed by atoms with Crippen LogP contribution < -0.4 is 10.6 Å². The summed E-state index contributed by atoms with van der Waals surface area (Å²) in [5.41, 5.74) is 8.52. The van der Waals surface area contributed by atoms with Crippen molar-refractivity contribution in [1.29, 1.82) is 0 Å². The van der Waals surface area contributed by atoms with E-state index in [9.17, 15) is 0 Å². The van der Waals surface area contributed by atoms with Crippen LogP contribution in [0.3, 0.4) is 0 Å². The van der Waals surface area contributed by atoms with Gasteiger partial charge in [-0.2, -0.15) is 0 Å². The summed E-state index contributed by atoms with van der Waals surface area (Å²) in [6.45, 7) is 7.23. The number of hydrogen-bond donors (Lipinski definition) is 1. The van der Waals surface area contributed by atoms with Crippen LogP contribution >= 0.6 is 0 Å². The fraction of sp³-hybridized carbons (Fsp3) is 0.571. The van der Waals surface area contributed by atoms with E-state index >= 15 is 0 Å². The molecule has 2 unspecified atom stereocenters. The molecule has 1 aromatic rings. The number of nitrogens with two attached hydrogens (primary N) is 1. The highest BCUT2D eigenvalue weighted by Gasteiger charge is 2.28. The molecule has 0 spiro atoms. The van der Waals surface area contributed by atoms with Crippen LogP contribution in [-0.2, 0) is 0 Å². The molecule has 0 saturated carbocycles. The summed E-state index contributed by atoms with van der Waals surface area (Å²) >= 11 is 0. The topological polar surface area (TPSA) is 32.5 Å². The van der Waals surface area contributed by atoms with Gasteiger partial charge in [0.25, 0.3) is 0 Å². The first-order valence-electron chi connectivity index (χ1n) is 6.35. The zero-order valence-corrected chi connectivity index (χ0v) is 11.1. The van der Waals surface area contributed by atoms with Crippen LogP contribution in [0.2, 0.25) is 0 Å². The molecule has 0 aromatic heterocycles. The van der Waals surface area contributed by atoms with Crippen molar-refractivity contribution in [2.45, 2.75) is 25.9 Å². The monoisotopic (exact) mass is 233 g/mol. The fourth-order valence-electron chi connectivity index (χ4n) is 2.51. The van der Waals surface area contributed by atoms with E-state index in [0.29, 0.717) is 18.6 Å². The minimum absolute atomic E-state index is 0.429. The zero-order chi connectivity index (χ0) is 12.4. The molecule has 3 nitrogen and oxygen atoms in total. The molecule has 94 valence electrons. The van der Waals surface area contributed by atoms with Crippen molar-refractivity contribution in [3.8, 4) is 0 Å². The predicted octanol–water partition coefficient (Wildman–Crippen LogP) is 1.46. The lowest BCUT2D eigenvalue weighted by atomic mass is 10.1. The molecule has 1 heterocycles. The van der Waals surface area contributed by atoms with E-state index in [0.717, 1.165) is 13.1 Å². The third-order valence-corrected chi connectivity index (χ3v) is 3.76. The molecule has 2 N–H and O–H groups in total. The van der Waals surface area contributed by atoms with Gasteiger partial charge < -0.3 is 10.6 Å². The lowest BCUT2D eigenvalue weighted by Gasteiger charge is -2.45. The van der Waals surface area contributed by atoms with Crippen LogP contribution in [-0.4, -0.2) is 43.7 Å². The van der Waals surface area contributed by atoms with Crippen molar-refractivity contribution in [3.05, 3.63) is 29.8 Å². The first kappa shape index (κ1) is 12.4. The Morgan fingerprint density at radius 3 is 2.76 bits per heavy atom. The molecule has 0 radical (unpaired) electrons. The molecule has 2 rings (SSSR count). The average molecular weight is 233 g/mol. The largest absolute Gasteiger partial charge is 0.364 e. The highest BCUT2D eigenvalue weighted by molar-refractivity contribution is 5.50. The summed E-state index contributed by atoms with van der Waals surface area (Å²) in [7, 11) is 2.18. The van der Waals surface area contributed by atoms with E-state index < -0.39 is 0 Å². The second-order valence-electron chi connectivity index (χ2n) is 5.17. The summed E-state index contributed by atoms with van der Waals surface area (Å²) in [5.74, 6) is 0. The van der Waals surface area contributed by atoms with Gasteiger partial charge in [0.2, 0.25) is 0 Å². The Balaban J connectivity index is 2.23. The average Bonchev–Trinajstić information content (AvgIpc) is 2.32. The number of anilines is 1. The third kappa shape index (κ3) is 2.61.